The second-order valence-corrected chi connectivity index (χ2v) is 6.96. The molecule has 0 spiro atoms. The number of hydrogen-bond acceptors (Lipinski definition) is 7. The molecule has 152 valence electrons. The van der Waals surface area contributed by atoms with Crippen LogP contribution in [0.25, 0.3) is 0 Å². The van der Waals surface area contributed by atoms with Crippen LogP contribution >= 0.6 is 11.8 Å². The van der Waals surface area contributed by atoms with E-state index in [-0.39, 0.29) is 18.1 Å². The number of carbonyl (C=O) groups is 2. The van der Waals surface area contributed by atoms with Gasteiger partial charge in [-0.15, -0.1) is 11.8 Å². The Hall–Kier alpha value is -3.70. The van der Waals surface area contributed by atoms with Crippen molar-refractivity contribution >= 4 is 29.3 Å². The maximum absolute atomic E-state index is 12.3. The van der Waals surface area contributed by atoms with Crippen LogP contribution in [0.5, 0.6) is 5.75 Å². The van der Waals surface area contributed by atoms with Crippen LogP contribution in [0.15, 0.2) is 76.2 Å². The molecule has 2 aromatic carbocycles. The fourth-order valence-corrected chi connectivity index (χ4v) is 3.16. The zero-order valence-electron chi connectivity index (χ0n) is 15.9. The number of rotatable bonds is 9. The quantitative estimate of drug-likeness (QED) is 0.406. The van der Waals surface area contributed by atoms with Gasteiger partial charge in [-0.1, -0.05) is 30.3 Å². The van der Waals surface area contributed by atoms with E-state index in [1.165, 1.54) is 18.0 Å². The van der Waals surface area contributed by atoms with Crippen molar-refractivity contribution in [2.75, 3.05) is 17.7 Å². The fourth-order valence-electron chi connectivity index (χ4n) is 2.49. The molecule has 1 amide bonds. The third-order valence-corrected chi connectivity index (χ3v) is 4.80. The summed E-state index contributed by atoms with van der Waals surface area (Å²) < 4.78 is 15.9. The summed E-state index contributed by atoms with van der Waals surface area (Å²) in [6.45, 7) is -0.351. The van der Waals surface area contributed by atoms with Gasteiger partial charge in [-0.25, -0.2) is 4.79 Å². The van der Waals surface area contributed by atoms with Gasteiger partial charge < -0.3 is 19.2 Å². The van der Waals surface area contributed by atoms with Gasteiger partial charge in [-0.3, -0.25) is 4.79 Å². The van der Waals surface area contributed by atoms with Gasteiger partial charge in [-0.2, -0.15) is 5.26 Å². The number of esters is 1. The van der Waals surface area contributed by atoms with Gasteiger partial charge in [0.1, 0.15) is 12.4 Å². The number of ether oxygens (including phenoxy) is 2. The molecule has 30 heavy (non-hydrogen) atoms. The molecular weight excluding hydrogens is 404 g/mol. The van der Waals surface area contributed by atoms with Crippen LogP contribution in [0.2, 0.25) is 0 Å². The lowest BCUT2D eigenvalue weighted by Crippen LogP contribution is -2.21. The molecule has 0 saturated carbocycles. The van der Waals surface area contributed by atoms with Gasteiger partial charge in [0, 0.05) is 10.5 Å². The van der Waals surface area contributed by atoms with Crippen LogP contribution in [0.4, 0.5) is 5.69 Å². The third-order valence-electron chi connectivity index (χ3n) is 3.86. The average Bonchev–Trinajstić information content (AvgIpc) is 3.25. The Labute approximate surface area is 177 Å². The molecule has 0 aliphatic rings. The van der Waals surface area contributed by atoms with Crippen LogP contribution in [-0.4, -0.2) is 24.2 Å². The predicted octanol–water partition coefficient (Wildman–Crippen LogP) is 4.27. The van der Waals surface area contributed by atoms with E-state index < -0.39 is 18.5 Å². The van der Waals surface area contributed by atoms with E-state index >= 15 is 0 Å². The van der Waals surface area contributed by atoms with Crippen molar-refractivity contribution in [2.45, 2.75) is 11.5 Å². The first-order valence-corrected chi connectivity index (χ1v) is 9.96. The van der Waals surface area contributed by atoms with Crippen molar-refractivity contribution in [3.63, 3.8) is 0 Å². The Balaban J connectivity index is 1.53. The first-order chi connectivity index (χ1) is 14.7. The summed E-state index contributed by atoms with van der Waals surface area (Å²) in [7, 11) is 0. The molecule has 1 aromatic heterocycles. The van der Waals surface area contributed by atoms with Crippen LogP contribution in [0.1, 0.15) is 16.1 Å². The molecule has 0 atom stereocenters. The van der Waals surface area contributed by atoms with Crippen LogP contribution in [0, 0.1) is 11.3 Å². The highest BCUT2D eigenvalue weighted by molar-refractivity contribution is 7.99. The molecule has 0 aliphatic carbocycles. The number of nitriles is 1. The Morgan fingerprint density at radius 2 is 1.83 bits per heavy atom. The molecule has 8 heteroatoms. The summed E-state index contributed by atoms with van der Waals surface area (Å²) in [4.78, 5) is 25.3. The number of anilines is 1. The van der Waals surface area contributed by atoms with Crippen molar-refractivity contribution in [1.82, 2.24) is 0 Å². The van der Waals surface area contributed by atoms with Crippen molar-refractivity contribution < 1.29 is 23.5 Å². The van der Waals surface area contributed by atoms with Gasteiger partial charge in [0.05, 0.1) is 23.8 Å². The van der Waals surface area contributed by atoms with Crippen molar-refractivity contribution in [2.24, 2.45) is 0 Å². The lowest BCUT2D eigenvalue weighted by Gasteiger charge is -2.10. The number of hydrogen-bond donors (Lipinski definition) is 1. The number of thioether (sulfide) groups is 1. The molecular formula is C22H18N2O5S. The van der Waals surface area contributed by atoms with Crippen LogP contribution in [0.3, 0.4) is 0 Å². The summed E-state index contributed by atoms with van der Waals surface area (Å²) in [6, 6.07) is 19.9. The van der Waals surface area contributed by atoms with E-state index in [1.54, 1.807) is 36.4 Å². The van der Waals surface area contributed by atoms with E-state index in [4.69, 9.17) is 19.2 Å². The van der Waals surface area contributed by atoms with E-state index in [2.05, 4.69) is 5.32 Å². The molecule has 7 nitrogen and oxygen atoms in total. The number of amides is 1. The predicted molar refractivity (Wildman–Crippen MR) is 111 cm³/mol. The maximum atomic E-state index is 12.3. The van der Waals surface area contributed by atoms with Gasteiger partial charge in [0.15, 0.2) is 6.61 Å². The number of benzene rings is 2. The molecule has 0 fully saturated rings. The standard InChI is InChI=1S/C22H18N2O5S/c23-11-13-30-19-9-5-4-8-18(19)24-20(25)15-29-22(26)21-16(10-12-27-21)14-28-17-6-2-1-3-7-17/h1-10,12H,13-15H2,(H,24,25). The smallest absolute Gasteiger partial charge is 0.375 e. The Kier molecular flexibility index (Phi) is 7.52. The Bertz CT molecular complexity index is 1040. The van der Waals surface area contributed by atoms with Gasteiger partial charge in [0.25, 0.3) is 5.91 Å². The molecule has 0 aliphatic heterocycles. The zero-order chi connectivity index (χ0) is 21.2. The van der Waals surface area contributed by atoms with E-state index in [9.17, 15) is 9.59 Å². The average molecular weight is 422 g/mol. The number of nitrogens with zero attached hydrogens (tertiary/aromatic N) is 1. The fraction of sp³-hybridized carbons (Fsp3) is 0.136. The normalized spacial score (nSPS) is 10.1. The van der Waals surface area contributed by atoms with Gasteiger partial charge in [0.2, 0.25) is 5.76 Å². The van der Waals surface area contributed by atoms with E-state index in [0.717, 1.165) is 4.90 Å². The Morgan fingerprint density at radius 3 is 2.63 bits per heavy atom. The lowest BCUT2D eigenvalue weighted by molar-refractivity contribution is -0.119. The molecule has 1 N–H and O–H groups in total. The minimum Gasteiger partial charge on any atom is -0.489 e. The first-order valence-electron chi connectivity index (χ1n) is 8.97. The number of nitrogens with one attached hydrogen (secondary N) is 1. The van der Waals surface area contributed by atoms with E-state index in [0.29, 0.717) is 17.0 Å². The number of furan rings is 1. The minimum absolute atomic E-state index is 0.0105. The first kappa shape index (κ1) is 21.0. The summed E-state index contributed by atoms with van der Waals surface area (Å²) in [5.41, 5.74) is 1.07. The molecule has 0 saturated heterocycles. The molecule has 3 rings (SSSR count). The molecule has 0 unspecified atom stereocenters. The molecule has 0 radical (unpaired) electrons. The number of carbonyl (C=O) groups excluding carboxylic acids is 2. The maximum Gasteiger partial charge on any atom is 0.375 e. The van der Waals surface area contributed by atoms with Gasteiger partial charge >= 0.3 is 5.97 Å². The second kappa shape index (κ2) is 10.7. The highest BCUT2D eigenvalue weighted by atomic mass is 32.2. The van der Waals surface area contributed by atoms with Crippen molar-refractivity contribution in [1.29, 1.82) is 5.26 Å². The highest BCUT2D eigenvalue weighted by Gasteiger charge is 2.19. The molecule has 1 heterocycles. The monoisotopic (exact) mass is 422 g/mol. The molecule has 3 aromatic rings. The van der Waals surface area contributed by atoms with Crippen molar-refractivity contribution in [3.05, 3.63) is 78.3 Å². The largest absolute Gasteiger partial charge is 0.489 e. The SMILES string of the molecule is N#CCSc1ccccc1NC(=O)COC(=O)c1occc1COc1ccccc1. The van der Waals surface area contributed by atoms with E-state index in [1.807, 2.05) is 30.3 Å². The second-order valence-electron chi connectivity index (χ2n) is 5.94. The minimum atomic E-state index is -0.756. The summed E-state index contributed by atoms with van der Waals surface area (Å²) in [6.07, 6.45) is 1.36. The summed E-state index contributed by atoms with van der Waals surface area (Å²) in [5.74, 6) is -0.348. The summed E-state index contributed by atoms with van der Waals surface area (Å²) in [5, 5.41) is 11.4. The lowest BCUT2D eigenvalue weighted by atomic mass is 10.2. The van der Waals surface area contributed by atoms with Crippen LogP contribution < -0.4 is 10.1 Å². The Morgan fingerprint density at radius 1 is 1.07 bits per heavy atom. The third kappa shape index (κ3) is 5.90. The highest BCUT2D eigenvalue weighted by Crippen LogP contribution is 2.26. The molecule has 0 bridgehead atoms. The topological polar surface area (TPSA) is 102 Å². The zero-order valence-corrected chi connectivity index (χ0v) is 16.7. The number of para-hydroxylation sites is 2. The van der Waals surface area contributed by atoms with Gasteiger partial charge in [-0.05, 0) is 30.3 Å². The summed E-state index contributed by atoms with van der Waals surface area (Å²) >= 11 is 1.30. The van der Waals surface area contributed by atoms with Crippen molar-refractivity contribution in [3.8, 4) is 11.8 Å². The van der Waals surface area contributed by atoms with Crippen LogP contribution in [-0.2, 0) is 16.1 Å².